The molecule has 1 unspecified atom stereocenters. The van der Waals surface area contributed by atoms with Crippen molar-refractivity contribution in [1.82, 2.24) is 9.97 Å². The molecule has 1 atom stereocenters. The van der Waals surface area contributed by atoms with Crippen molar-refractivity contribution in [2.75, 3.05) is 19.0 Å². The van der Waals surface area contributed by atoms with Gasteiger partial charge >= 0.3 is 0 Å². The Morgan fingerprint density at radius 1 is 1.16 bits per heavy atom. The molecule has 8 heteroatoms. The number of aryl methyl sites for hydroxylation is 1. The maximum Gasteiger partial charge on any atom is 0.257 e. The number of anilines is 1. The molecule has 7 nitrogen and oxygen atoms in total. The second kappa shape index (κ2) is 9.48. The van der Waals surface area contributed by atoms with Gasteiger partial charge in [0.15, 0.2) is 16.7 Å². The lowest BCUT2D eigenvalue weighted by Gasteiger charge is -2.26. The molecular formula is C24H25N3O4S. The van der Waals surface area contributed by atoms with Crippen molar-refractivity contribution in [3.05, 3.63) is 75.1 Å². The number of hydrogen-bond donors (Lipinski definition) is 2. The van der Waals surface area contributed by atoms with Gasteiger partial charge in [0.25, 0.3) is 5.56 Å². The van der Waals surface area contributed by atoms with E-state index in [0.29, 0.717) is 40.4 Å². The molecule has 0 aliphatic carbocycles. The molecular weight excluding hydrogens is 426 g/mol. The van der Waals surface area contributed by atoms with Crippen LogP contribution in [0.5, 0.6) is 11.5 Å². The van der Waals surface area contributed by atoms with Crippen LogP contribution in [0, 0.1) is 6.92 Å². The van der Waals surface area contributed by atoms with Crippen LogP contribution >= 0.6 is 11.8 Å². The lowest BCUT2D eigenvalue weighted by atomic mass is 9.86. The third-order valence-electron chi connectivity index (χ3n) is 5.45. The molecule has 0 fully saturated rings. The molecule has 1 aromatic heterocycles. The molecule has 0 saturated carbocycles. The molecule has 1 aliphatic heterocycles. The zero-order valence-corrected chi connectivity index (χ0v) is 19.0. The lowest BCUT2D eigenvalue weighted by molar-refractivity contribution is -0.116. The monoisotopic (exact) mass is 451 g/mol. The molecule has 1 amide bonds. The summed E-state index contributed by atoms with van der Waals surface area (Å²) in [5.41, 5.74) is 3.24. The second-order valence-corrected chi connectivity index (χ2v) is 8.43. The van der Waals surface area contributed by atoms with E-state index in [1.54, 1.807) is 13.2 Å². The van der Waals surface area contributed by atoms with Crippen molar-refractivity contribution in [2.24, 2.45) is 0 Å². The molecule has 32 heavy (non-hydrogen) atoms. The largest absolute Gasteiger partial charge is 0.493 e. The average molecular weight is 452 g/mol. The zero-order chi connectivity index (χ0) is 22.7. The second-order valence-electron chi connectivity index (χ2n) is 7.47. The maximum absolute atomic E-state index is 13.1. The molecule has 0 saturated heterocycles. The fourth-order valence-electron chi connectivity index (χ4n) is 3.87. The van der Waals surface area contributed by atoms with E-state index in [0.717, 1.165) is 11.1 Å². The number of aromatic amines is 1. The number of amides is 1. The van der Waals surface area contributed by atoms with Gasteiger partial charge in [0.1, 0.15) is 5.82 Å². The molecule has 2 heterocycles. The molecule has 4 rings (SSSR count). The normalized spacial score (nSPS) is 15.1. The number of ether oxygens (including phenoxy) is 2. The Bertz CT molecular complexity index is 1210. The maximum atomic E-state index is 13.1. The van der Waals surface area contributed by atoms with Gasteiger partial charge in [-0.05, 0) is 31.0 Å². The fraction of sp³-hybridized carbons (Fsp3) is 0.292. The van der Waals surface area contributed by atoms with Gasteiger partial charge in [-0.2, -0.15) is 0 Å². The van der Waals surface area contributed by atoms with E-state index in [9.17, 15) is 9.59 Å². The zero-order valence-electron chi connectivity index (χ0n) is 18.2. The first-order chi connectivity index (χ1) is 15.5. The first kappa shape index (κ1) is 22.0. The van der Waals surface area contributed by atoms with Crippen molar-refractivity contribution < 1.29 is 14.3 Å². The predicted octanol–water partition coefficient (Wildman–Crippen LogP) is 4.25. The molecule has 0 radical (unpaired) electrons. The molecule has 1 aliphatic rings. The number of H-pyrrole nitrogens is 1. The number of para-hydroxylation sites is 1. The van der Waals surface area contributed by atoms with Crippen molar-refractivity contribution in [3.63, 3.8) is 0 Å². The van der Waals surface area contributed by atoms with E-state index < -0.39 is 5.92 Å². The van der Waals surface area contributed by atoms with Gasteiger partial charge < -0.3 is 19.8 Å². The number of carbonyl (C=O) groups is 1. The Hall–Kier alpha value is -3.26. The minimum absolute atomic E-state index is 0.126. The number of nitrogens with one attached hydrogen (secondary N) is 2. The predicted molar refractivity (Wildman–Crippen MR) is 125 cm³/mol. The van der Waals surface area contributed by atoms with Crippen LogP contribution in [0.1, 0.15) is 41.5 Å². The van der Waals surface area contributed by atoms with Crippen LogP contribution < -0.4 is 20.3 Å². The Balaban J connectivity index is 1.72. The van der Waals surface area contributed by atoms with E-state index in [1.807, 2.05) is 44.2 Å². The van der Waals surface area contributed by atoms with Gasteiger partial charge in [0.2, 0.25) is 5.91 Å². The SMILES string of the molecule is CCOc1c(OC)cccc1C1CC(=O)Nc2nc(SCc3ccccc3C)[nH]c(=O)c21. The number of methoxy groups -OCH3 is 1. The van der Waals surface area contributed by atoms with Crippen LogP contribution in [-0.2, 0) is 10.5 Å². The fourth-order valence-corrected chi connectivity index (χ4v) is 4.81. The Morgan fingerprint density at radius 2 is 1.97 bits per heavy atom. The van der Waals surface area contributed by atoms with Gasteiger partial charge in [0, 0.05) is 23.7 Å². The summed E-state index contributed by atoms with van der Waals surface area (Å²) in [5, 5.41) is 3.24. The van der Waals surface area contributed by atoms with Gasteiger partial charge in [-0.25, -0.2) is 4.98 Å². The standard InChI is InChI=1S/C24H25N3O4S/c1-4-31-21-16(10-7-11-18(21)30-3)17-12-19(28)25-22-20(17)23(29)27-24(26-22)32-13-15-9-6-5-8-14(15)2/h5-11,17H,4,12-13H2,1-3H3,(H2,25,26,27,28,29). The number of benzene rings is 2. The quantitative estimate of drug-likeness (QED) is 0.412. The van der Waals surface area contributed by atoms with Crippen LogP contribution in [-0.4, -0.2) is 29.6 Å². The highest BCUT2D eigenvalue weighted by molar-refractivity contribution is 7.98. The first-order valence-corrected chi connectivity index (χ1v) is 11.4. The van der Waals surface area contributed by atoms with Crippen molar-refractivity contribution in [2.45, 2.75) is 37.1 Å². The van der Waals surface area contributed by atoms with Gasteiger partial charge in [-0.3, -0.25) is 9.59 Å². The summed E-state index contributed by atoms with van der Waals surface area (Å²) in [6.45, 7) is 4.36. The average Bonchev–Trinajstić information content (AvgIpc) is 2.78. The minimum Gasteiger partial charge on any atom is -0.493 e. The van der Waals surface area contributed by atoms with Crippen LogP contribution in [0.4, 0.5) is 5.82 Å². The summed E-state index contributed by atoms with van der Waals surface area (Å²) in [5.74, 6) is 1.39. The van der Waals surface area contributed by atoms with Crippen LogP contribution in [0.25, 0.3) is 0 Å². The summed E-state index contributed by atoms with van der Waals surface area (Å²) in [6, 6.07) is 13.6. The van der Waals surface area contributed by atoms with Crippen molar-refractivity contribution in [1.29, 1.82) is 0 Å². The van der Waals surface area contributed by atoms with E-state index in [1.165, 1.54) is 17.3 Å². The highest BCUT2D eigenvalue weighted by Gasteiger charge is 2.33. The lowest BCUT2D eigenvalue weighted by Crippen LogP contribution is -2.31. The number of hydrogen-bond acceptors (Lipinski definition) is 6. The minimum atomic E-state index is -0.484. The molecule has 2 aromatic carbocycles. The number of rotatable bonds is 7. The highest BCUT2D eigenvalue weighted by atomic mass is 32.2. The molecule has 0 spiro atoms. The summed E-state index contributed by atoms with van der Waals surface area (Å²) in [7, 11) is 1.56. The smallest absolute Gasteiger partial charge is 0.257 e. The van der Waals surface area contributed by atoms with Crippen LogP contribution in [0.3, 0.4) is 0 Å². The number of aromatic nitrogens is 2. The topological polar surface area (TPSA) is 93.3 Å². The summed E-state index contributed by atoms with van der Waals surface area (Å²) >= 11 is 1.43. The summed E-state index contributed by atoms with van der Waals surface area (Å²) < 4.78 is 11.3. The van der Waals surface area contributed by atoms with Crippen LogP contribution in [0.2, 0.25) is 0 Å². The highest BCUT2D eigenvalue weighted by Crippen LogP contribution is 2.42. The Labute approximate surface area is 190 Å². The Kier molecular flexibility index (Phi) is 6.50. The summed E-state index contributed by atoms with van der Waals surface area (Å²) in [6.07, 6.45) is 0.126. The number of thioether (sulfide) groups is 1. The molecule has 166 valence electrons. The molecule has 0 bridgehead atoms. The van der Waals surface area contributed by atoms with Gasteiger partial charge in [0.05, 0.1) is 19.3 Å². The number of nitrogens with zero attached hydrogens (tertiary/aromatic N) is 1. The number of fused-ring (bicyclic) bond motifs is 1. The third-order valence-corrected chi connectivity index (χ3v) is 6.37. The summed E-state index contributed by atoms with van der Waals surface area (Å²) in [4.78, 5) is 33.1. The van der Waals surface area contributed by atoms with Crippen molar-refractivity contribution >= 4 is 23.5 Å². The molecule has 3 aromatic rings. The number of carbonyl (C=O) groups excluding carboxylic acids is 1. The first-order valence-electron chi connectivity index (χ1n) is 10.4. The van der Waals surface area contributed by atoms with E-state index in [-0.39, 0.29) is 17.9 Å². The van der Waals surface area contributed by atoms with E-state index in [4.69, 9.17) is 9.47 Å². The Morgan fingerprint density at radius 3 is 2.72 bits per heavy atom. The van der Waals surface area contributed by atoms with E-state index in [2.05, 4.69) is 21.4 Å². The molecule has 2 N–H and O–H groups in total. The van der Waals surface area contributed by atoms with Gasteiger partial charge in [-0.1, -0.05) is 48.2 Å². The third kappa shape index (κ3) is 4.36. The van der Waals surface area contributed by atoms with Crippen LogP contribution in [0.15, 0.2) is 52.4 Å². The van der Waals surface area contributed by atoms with Crippen molar-refractivity contribution in [3.8, 4) is 11.5 Å². The van der Waals surface area contributed by atoms with Gasteiger partial charge in [-0.15, -0.1) is 0 Å². The van der Waals surface area contributed by atoms with E-state index >= 15 is 0 Å².